The maximum Gasteiger partial charge on any atom is 0.330 e. The van der Waals surface area contributed by atoms with Crippen LogP contribution < -0.4 is 15.1 Å². The predicted octanol–water partition coefficient (Wildman–Crippen LogP) is 2.82. The minimum atomic E-state index is -0.278. The average Bonchev–Trinajstić information content (AvgIpc) is 3.28. The number of rotatable bonds is 4. The molecule has 3 amide bonds. The molecule has 3 aliphatic rings. The second-order valence-corrected chi connectivity index (χ2v) is 7.99. The molecule has 0 aromatic heterocycles. The molecule has 0 bridgehead atoms. The van der Waals surface area contributed by atoms with Crippen molar-refractivity contribution in [3.8, 4) is 0 Å². The first-order valence-corrected chi connectivity index (χ1v) is 10.6. The Balaban J connectivity index is 1.39. The van der Waals surface area contributed by atoms with E-state index in [2.05, 4.69) is 15.2 Å². The molecule has 0 atom stereocenters. The molecule has 0 spiro atoms. The van der Waals surface area contributed by atoms with Crippen molar-refractivity contribution in [2.24, 2.45) is 4.99 Å². The Morgan fingerprint density at radius 2 is 1.90 bits per heavy atom. The fraction of sp³-hybridized carbons (Fsp3) is 0.318. The molecule has 1 saturated heterocycles. The molecule has 5 rings (SSSR count). The highest BCUT2D eigenvalue weighted by atomic mass is 35.5. The van der Waals surface area contributed by atoms with Gasteiger partial charge in [0.1, 0.15) is 12.4 Å². The van der Waals surface area contributed by atoms with E-state index < -0.39 is 0 Å². The Labute approximate surface area is 185 Å². The fourth-order valence-electron chi connectivity index (χ4n) is 4.18. The van der Waals surface area contributed by atoms with Gasteiger partial charge in [-0.25, -0.2) is 4.79 Å². The summed E-state index contributed by atoms with van der Waals surface area (Å²) in [7, 11) is 0. The average molecular weight is 440 g/mol. The number of nitrogens with zero attached hydrogens (tertiary/aromatic N) is 4. The van der Waals surface area contributed by atoms with Crippen molar-refractivity contribution in [1.82, 2.24) is 4.90 Å². The van der Waals surface area contributed by atoms with E-state index in [1.54, 1.807) is 17.0 Å². The van der Waals surface area contributed by atoms with Crippen molar-refractivity contribution in [3.63, 3.8) is 0 Å². The van der Waals surface area contributed by atoms with Crippen LogP contribution in [0.15, 0.2) is 47.5 Å². The van der Waals surface area contributed by atoms with Crippen molar-refractivity contribution in [1.29, 1.82) is 0 Å². The quantitative estimate of drug-likeness (QED) is 0.794. The highest BCUT2D eigenvalue weighted by Crippen LogP contribution is 2.33. The first kappa shape index (κ1) is 19.8. The van der Waals surface area contributed by atoms with E-state index >= 15 is 0 Å². The van der Waals surface area contributed by atoms with E-state index in [1.807, 2.05) is 30.3 Å². The number of para-hydroxylation sites is 2. The number of anilines is 3. The van der Waals surface area contributed by atoms with Gasteiger partial charge in [-0.15, -0.1) is 0 Å². The minimum Gasteiger partial charge on any atom is -0.378 e. The van der Waals surface area contributed by atoms with E-state index in [9.17, 15) is 9.59 Å². The summed E-state index contributed by atoms with van der Waals surface area (Å²) in [6, 6.07) is 12.7. The van der Waals surface area contributed by atoms with Crippen LogP contribution in [0.4, 0.5) is 21.9 Å². The first-order valence-electron chi connectivity index (χ1n) is 10.3. The maximum atomic E-state index is 13.1. The van der Waals surface area contributed by atoms with E-state index in [1.165, 1.54) is 4.90 Å². The summed E-state index contributed by atoms with van der Waals surface area (Å²) < 4.78 is 5.43. The summed E-state index contributed by atoms with van der Waals surface area (Å²) in [5, 5.41) is 3.49. The zero-order valence-corrected chi connectivity index (χ0v) is 17.6. The topological polar surface area (TPSA) is 77.5 Å². The summed E-state index contributed by atoms with van der Waals surface area (Å²) in [5.41, 5.74) is 3.07. The molecule has 160 valence electrons. The third-order valence-electron chi connectivity index (χ3n) is 5.63. The van der Waals surface area contributed by atoms with Gasteiger partial charge in [0.05, 0.1) is 36.8 Å². The van der Waals surface area contributed by atoms with Crippen LogP contribution in [0.25, 0.3) is 0 Å². The van der Waals surface area contributed by atoms with E-state index in [0.717, 1.165) is 24.3 Å². The molecule has 1 N–H and O–H groups in total. The van der Waals surface area contributed by atoms with E-state index in [0.29, 0.717) is 48.5 Å². The summed E-state index contributed by atoms with van der Waals surface area (Å²) in [5.74, 6) is 0.366. The Bertz CT molecular complexity index is 1070. The Morgan fingerprint density at radius 1 is 1.10 bits per heavy atom. The van der Waals surface area contributed by atoms with Crippen LogP contribution >= 0.6 is 11.6 Å². The maximum absolute atomic E-state index is 13.1. The molecular weight excluding hydrogens is 418 g/mol. The summed E-state index contributed by atoms with van der Waals surface area (Å²) in [4.78, 5) is 35.9. The number of hydrogen-bond donors (Lipinski definition) is 1. The van der Waals surface area contributed by atoms with Crippen LogP contribution in [-0.4, -0.2) is 68.6 Å². The van der Waals surface area contributed by atoms with Crippen molar-refractivity contribution in [2.75, 3.05) is 61.1 Å². The van der Waals surface area contributed by atoms with E-state index in [4.69, 9.17) is 16.3 Å². The summed E-state index contributed by atoms with van der Waals surface area (Å²) >= 11 is 6.20. The van der Waals surface area contributed by atoms with Crippen LogP contribution in [0.1, 0.15) is 5.56 Å². The lowest BCUT2D eigenvalue weighted by Gasteiger charge is -2.35. The molecule has 8 nitrogen and oxygen atoms in total. The van der Waals surface area contributed by atoms with E-state index in [-0.39, 0.29) is 18.5 Å². The van der Waals surface area contributed by atoms with Crippen LogP contribution in [-0.2, 0) is 9.53 Å². The Kier molecular flexibility index (Phi) is 5.25. The van der Waals surface area contributed by atoms with Crippen molar-refractivity contribution in [3.05, 3.63) is 53.1 Å². The predicted molar refractivity (Wildman–Crippen MR) is 120 cm³/mol. The number of fused-ring (bicyclic) bond motifs is 3. The molecule has 3 heterocycles. The number of aliphatic imine (C=N–C) groups is 1. The number of urea groups is 1. The largest absolute Gasteiger partial charge is 0.378 e. The van der Waals surface area contributed by atoms with Crippen LogP contribution in [0.2, 0.25) is 5.02 Å². The lowest BCUT2D eigenvalue weighted by molar-refractivity contribution is -0.114. The molecule has 1 fully saturated rings. The van der Waals surface area contributed by atoms with Crippen molar-refractivity contribution < 1.29 is 14.3 Å². The van der Waals surface area contributed by atoms with Gasteiger partial charge in [-0.3, -0.25) is 19.6 Å². The second-order valence-electron chi connectivity index (χ2n) is 7.55. The molecule has 2 aromatic carbocycles. The number of amidine groups is 1. The Morgan fingerprint density at radius 3 is 2.74 bits per heavy atom. The van der Waals surface area contributed by atoms with Crippen molar-refractivity contribution in [2.45, 2.75) is 0 Å². The third kappa shape index (κ3) is 3.73. The highest BCUT2D eigenvalue weighted by molar-refractivity contribution is 6.32. The number of carbonyl (C=O) groups excluding carboxylic acids is 2. The summed E-state index contributed by atoms with van der Waals surface area (Å²) in [6.45, 7) is 3.78. The van der Waals surface area contributed by atoms with Gasteiger partial charge in [0.15, 0.2) is 0 Å². The third-order valence-corrected chi connectivity index (χ3v) is 5.86. The van der Waals surface area contributed by atoms with Crippen LogP contribution in [0, 0.1) is 0 Å². The monoisotopic (exact) mass is 439 g/mol. The fourth-order valence-corrected chi connectivity index (χ4v) is 4.34. The number of benzene rings is 2. The smallest absolute Gasteiger partial charge is 0.330 e. The molecule has 31 heavy (non-hydrogen) atoms. The van der Waals surface area contributed by atoms with Gasteiger partial charge in [-0.05, 0) is 30.3 Å². The first-order chi connectivity index (χ1) is 15.1. The number of amides is 3. The van der Waals surface area contributed by atoms with Crippen molar-refractivity contribution >= 4 is 46.4 Å². The van der Waals surface area contributed by atoms with Gasteiger partial charge < -0.3 is 15.0 Å². The zero-order chi connectivity index (χ0) is 21.4. The number of hydrogen-bond acceptors (Lipinski definition) is 5. The molecule has 2 aromatic rings. The molecule has 0 saturated carbocycles. The lowest BCUT2D eigenvalue weighted by Crippen LogP contribution is -2.52. The normalized spacial score (nSPS) is 17.9. The SMILES string of the molecule is O=C(CN1C(=O)N2CCN=C2c2ccc(Cl)cc21)Nc1ccccc1N1CCOCC1. The molecule has 0 radical (unpaired) electrons. The number of ether oxygens (including phenoxy) is 1. The van der Waals surface area contributed by atoms with Crippen LogP contribution in [0.3, 0.4) is 0 Å². The van der Waals surface area contributed by atoms with Gasteiger partial charge in [-0.2, -0.15) is 0 Å². The zero-order valence-electron chi connectivity index (χ0n) is 16.9. The molecule has 0 unspecified atom stereocenters. The van der Waals surface area contributed by atoms with Gasteiger partial charge in [0.2, 0.25) is 5.91 Å². The summed E-state index contributed by atoms with van der Waals surface area (Å²) in [6.07, 6.45) is 0. The van der Waals surface area contributed by atoms with Crippen LogP contribution in [0.5, 0.6) is 0 Å². The Hall–Kier alpha value is -3.10. The lowest BCUT2D eigenvalue weighted by atomic mass is 10.1. The molecule has 0 aliphatic carbocycles. The molecular formula is C22H22ClN5O3. The number of halogens is 1. The molecule has 3 aliphatic heterocycles. The second kappa shape index (κ2) is 8.20. The minimum absolute atomic E-state index is 0.118. The number of nitrogens with one attached hydrogen (secondary N) is 1. The number of morpholine rings is 1. The van der Waals surface area contributed by atoms with Gasteiger partial charge in [0, 0.05) is 30.2 Å². The highest BCUT2D eigenvalue weighted by Gasteiger charge is 2.38. The van der Waals surface area contributed by atoms with Gasteiger partial charge >= 0.3 is 6.03 Å². The van der Waals surface area contributed by atoms with Gasteiger partial charge in [0.25, 0.3) is 0 Å². The van der Waals surface area contributed by atoms with Gasteiger partial charge in [-0.1, -0.05) is 23.7 Å². The molecule has 9 heteroatoms. The standard InChI is InChI=1S/C22H22ClN5O3/c23-15-5-6-16-19(13-15)28(22(30)27-8-7-24-21(16)27)14-20(29)25-17-3-1-2-4-18(17)26-9-11-31-12-10-26/h1-6,13H,7-12,14H2,(H,25,29). The number of carbonyl (C=O) groups is 2.